The second-order valence-electron chi connectivity index (χ2n) is 7.97. The predicted molar refractivity (Wildman–Crippen MR) is 121 cm³/mol. The minimum absolute atomic E-state index is 0.370. The van der Waals surface area contributed by atoms with Crippen LogP contribution in [0.5, 0.6) is 0 Å². The molecule has 0 aliphatic carbocycles. The van der Waals surface area contributed by atoms with E-state index >= 15 is 0 Å². The molecule has 30 heavy (non-hydrogen) atoms. The van der Waals surface area contributed by atoms with Crippen LogP contribution in [0.15, 0.2) is 41.9 Å². The minimum Gasteiger partial charge on any atom is -0.367 e. The maximum Gasteiger partial charge on any atom is 0.191 e. The van der Waals surface area contributed by atoms with Crippen molar-refractivity contribution in [3.8, 4) is 0 Å². The van der Waals surface area contributed by atoms with E-state index in [1.54, 1.807) is 0 Å². The summed E-state index contributed by atoms with van der Waals surface area (Å²) in [6.07, 6.45) is 11.3. The summed E-state index contributed by atoms with van der Waals surface area (Å²) in [4.78, 5) is 12.0. The number of aryl methyl sites for hydroxylation is 2. The van der Waals surface area contributed by atoms with Gasteiger partial charge in [0.05, 0.1) is 17.6 Å². The van der Waals surface area contributed by atoms with E-state index in [2.05, 4.69) is 63.4 Å². The maximum absolute atomic E-state index is 4.81. The average Bonchev–Trinajstić information content (AvgIpc) is 3.35. The van der Waals surface area contributed by atoms with E-state index < -0.39 is 0 Å². The van der Waals surface area contributed by atoms with E-state index in [0.717, 1.165) is 56.2 Å². The second kappa shape index (κ2) is 9.19. The maximum atomic E-state index is 4.81. The van der Waals surface area contributed by atoms with Crippen molar-refractivity contribution in [3.05, 3.63) is 48.2 Å². The first-order valence-electron chi connectivity index (χ1n) is 10.8. The number of rotatable bonds is 6. The molecule has 0 aromatic carbocycles. The van der Waals surface area contributed by atoms with Gasteiger partial charge in [0, 0.05) is 64.3 Å². The molecule has 0 spiro atoms. The van der Waals surface area contributed by atoms with Crippen molar-refractivity contribution < 1.29 is 0 Å². The zero-order valence-corrected chi connectivity index (χ0v) is 18.2. The molecule has 1 aliphatic heterocycles. The topological polar surface area (TPSA) is 74.8 Å². The van der Waals surface area contributed by atoms with Gasteiger partial charge in [-0.3, -0.25) is 9.67 Å². The van der Waals surface area contributed by atoms with Crippen molar-refractivity contribution in [3.63, 3.8) is 0 Å². The Morgan fingerprint density at radius 3 is 3.00 bits per heavy atom. The van der Waals surface area contributed by atoms with Gasteiger partial charge in [0.2, 0.25) is 0 Å². The molecular weight excluding hydrogens is 376 g/mol. The SMILES string of the molecule is CCNC(=NCCc1cn2cccc(C)c2n1)NC1CCCN(c2cnn(C)c2)C1. The van der Waals surface area contributed by atoms with E-state index in [0.29, 0.717) is 12.6 Å². The first-order valence-corrected chi connectivity index (χ1v) is 10.8. The Hall–Kier alpha value is -3.03. The van der Waals surface area contributed by atoms with Crippen molar-refractivity contribution in [2.75, 3.05) is 31.1 Å². The molecule has 0 bridgehead atoms. The van der Waals surface area contributed by atoms with E-state index in [1.807, 2.05) is 24.1 Å². The number of fused-ring (bicyclic) bond motifs is 1. The Morgan fingerprint density at radius 1 is 1.33 bits per heavy atom. The molecule has 0 radical (unpaired) electrons. The zero-order valence-electron chi connectivity index (χ0n) is 18.2. The van der Waals surface area contributed by atoms with E-state index in [-0.39, 0.29) is 0 Å². The molecule has 3 aromatic rings. The number of aromatic nitrogens is 4. The molecule has 4 heterocycles. The largest absolute Gasteiger partial charge is 0.367 e. The molecule has 1 aliphatic rings. The normalized spacial score (nSPS) is 17.5. The number of hydrogen-bond donors (Lipinski definition) is 2. The van der Waals surface area contributed by atoms with Crippen LogP contribution in [0.1, 0.15) is 31.0 Å². The number of imidazole rings is 1. The summed E-state index contributed by atoms with van der Waals surface area (Å²) in [5.74, 6) is 0.885. The fourth-order valence-corrected chi connectivity index (χ4v) is 4.02. The summed E-state index contributed by atoms with van der Waals surface area (Å²) >= 11 is 0. The van der Waals surface area contributed by atoms with Gasteiger partial charge >= 0.3 is 0 Å². The van der Waals surface area contributed by atoms with Crippen molar-refractivity contribution in [1.29, 1.82) is 0 Å². The molecule has 8 heteroatoms. The predicted octanol–water partition coefficient (Wildman–Crippen LogP) is 2.14. The Morgan fingerprint density at radius 2 is 2.23 bits per heavy atom. The third-order valence-corrected chi connectivity index (χ3v) is 5.53. The first-order chi connectivity index (χ1) is 14.6. The number of nitrogens with zero attached hydrogens (tertiary/aromatic N) is 6. The summed E-state index contributed by atoms with van der Waals surface area (Å²) in [6, 6.07) is 4.52. The van der Waals surface area contributed by atoms with Crippen molar-refractivity contribution in [1.82, 2.24) is 29.8 Å². The highest BCUT2D eigenvalue weighted by Crippen LogP contribution is 2.19. The zero-order chi connectivity index (χ0) is 20.9. The van der Waals surface area contributed by atoms with Crippen LogP contribution < -0.4 is 15.5 Å². The summed E-state index contributed by atoms with van der Waals surface area (Å²) in [5.41, 5.74) is 4.48. The molecule has 4 rings (SSSR count). The number of nitrogens with one attached hydrogen (secondary N) is 2. The van der Waals surface area contributed by atoms with Crippen LogP contribution in [0.25, 0.3) is 5.65 Å². The van der Waals surface area contributed by atoms with Gasteiger partial charge in [-0.15, -0.1) is 0 Å². The molecule has 0 amide bonds. The van der Waals surface area contributed by atoms with Gasteiger partial charge in [0.1, 0.15) is 5.65 Å². The van der Waals surface area contributed by atoms with Gasteiger partial charge in [0.15, 0.2) is 5.96 Å². The van der Waals surface area contributed by atoms with Gasteiger partial charge < -0.3 is 19.9 Å². The van der Waals surface area contributed by atoms with E-state index in [4.69, 9.17) is 9.98 Å². The lowest BCUT2D eigenvalue weighted by molar-refractivity contribution is 0.468. The molecule has 1 atom stereocenters. The van der Waals surface area contributed by atoms with Crippen LogP contribution in [0, 0.1) is 6.92 Å². The van der Waals surface area contributed by atoms with Gasteiger partial charge in [-0.25, -0.2) is 4.98 Å². The quantitative estimate of drug-likeness (QED) is 0.483. The number of piperidine rings is 1. The number of guanidine groups is 1. The van der Waals surface area contributed by atoms with Crippen LogP contribution in [-0.4, -0.2) is 57.3 Å². The summed E-state index contributed by atoms with van der Waals surface area (Å²) in [5, 5.41) is 11.3. The Balaban J connectivity index is 1.36. The minimum atomic E-state index is 0.370. The molecule has 160 valence electrons. The summed E-state index contributed by atoms with van der Waals surface area (Å²) in [6.45, 7) is 7.78. The van der Waals surface area contributed by atoms with E-state index in [9.17, 15) is 0 Å². The van der Waals surface area contributed by atoms with Crippen molar-refractivity contribution in [2.45, 2.75) is 39.2 Å². The number of hydrogen-bond acceptors (Lipinski definition) is 4. The Kier molecular flexibility index (Phi) is 6.21. The monoisotopic (exact) mass is 408 g/mol. The fourth-order valence-electron chi connectivity index (χ4n) is 4.02. The molecular formula is C22H32N8. The smallest absolute Gasteiger partial charge is 0.191 e. The number of aliphatic imine (C=N–C) groups is 1. The van der Waals surface area contributed by atoms with Crippen molar-refractivity contribution in [2.24, 2.45) is 12.0 Å². The second-order valence-corrected chi connectivity index (χ2v) is 7.97. The van der Waals surface area contributed by atoms with Crippen LogP contribution >= 0.6 is 0 Å². The third-order valence-electron chi connectivity index (χ3n) is 5.53. The lowest BCUT2D eigenvalue weighted by atomic mass is 10.1. The lowest BCUT2D eigenvalue weighted by Gasteiger charge is -2.34. The Labute approximate surface area is 178 Å². The van der Waals surface area contributed by atoms with Crippen LogP contribution in [0.3, 0.4) is 0 Å². The van der Waals surface area contributed by atoms with Crippen LogP contribution in [0.4, 0.5) is 5.69 Å². The molecule has 0 saturated carbocycles. The summed E-state index contributed by atoms with van der Waals surface area (Å²) < 4.78 is 3.95. The Bertz CT molecular complexity index is 1000. The number of pyridine rings is 1. The molecule has 8 nitrogen and oxygen atoms in total. The molecule has 1 unspecified atom stereocenters. The van der Waals surface area contributed by atoms with Gasteiger partial charge in [-0.1, -0.05) is 6.07 Å². The molecule has 3 aromatic heterocycles. The lowest BCUT2D eigenvalue weighted by Crippen LogP contribution is -2.51. The van der Waals surface area contributed by atoms with Gasteiger partial charge in [-0.05, 0) is 38.3 Å². The molecule has 1 saturated heterocycles. The average molecular weight is 409 g/mol. The van der Waals surface area contributed by atoms with Crippen LogP contribution in [-0.2, 0) is 13.5 Å². The first kappa shape index (κ1) is 20.3. The highest BCUT2D eigenvalue weighted by atomic mass is 15.3. The number of anilines is 1. The van der Waals surface area contributed by atoms with Gasteiger partial charge in [-0.2, -0.15) is 5.10 Å². The fraction of sp³-hybridized carbons (Fsp3) is 0.500. The standard InChI is InChI=1S/C22H32N8/c1-4-23-22(24-10-9-19-15-30-12-5-7-17(2)21(30)26-19)27-18-8-6-11-29(14-18)20-13-25-28(3)16-20/h5,7,12-13,15-16,18H,4,6,8-11,14H2,1-3H3,(H2,23,24,27). The third kappa shape index (κ3) is 4.75. The van der Waals surface area contributed by atoms with Crippen molar-refractivity contribution >= 4 is 17.3 Å². The van der Waals surface area contributed by atoms with E-state index in [1.165, 1.54) is 11.3 Å². The highest BCUT2D eigenvalue weighted by molar-refractivity contribution is 5.80. The molecule has 1 fully saturated rings. The molecule has 2 N–H and O–H groups in total. The van der Waals surface area contributed by atoms with Gasteiger partial charge in [0.25, 0.3) is 0 Å². The summed E-state index contributed by atoms with van der Waals surface area (Å²) in [7, 11) is 1.96. The highest BCUT2D eigenvalue weighted by Gasteiger charge is 2.21. The van der Waals surface area contributed by atoms with Crippen LogP contribution in [0.2, 0.25) is 0 Å².